The third-order valence-electron chi connectivity index (χ3n) is 9.72. The van der Waals surface area contributed by atoms with Crippen molar-refractivity contribution in [1.29, 1.82) is 10.5 Å². The molecule has 0 N–H and O–H groups in total. The summed E-state index contributed by atoms with van der Waals surface area (Å²) in [7, 11) is 0. The van der Waals surface area contributed by atoms with Crippen LogP contribution in [0.4, 0.5) is 0 Å². The average molecular weight is 575 g/mol. The van der Waals surface area contributed by atoms with E-state index in [1.807, 2.05) is 36.4 Å². The largest absolute Gasteiger partial charge is 0.309 e. The lowest BCUT2D eigenvalue weighted by Crippen LogP contribution is -2.16. The van der Waals surface area contributed by atoms with Crippen LogP contribution in [0.1, 0.15) is 36.1 Å². The Morgan fingerprint density at radius 1 is 0.511 bits per heavy atom. The fourth-order valence-corrected chi connectivity index (χ4v) is 7.79. The van der Waals surface area contributed by atoms with Gasteiger partial charge in [0.1, 0.15) is 0 Å². The maximum absolute atomic E-state index is 9.66. The minimum Gasteiger partial charge on any atom is -0.309 e. The molecule has 0 unspecified atom stereocenters. The predicted octanol–water partition coefficient (Wildman–Crippen LogP) is 9.93. The fourth-order valence-electron chi connectivity index (χ4n) is 7.79. The molecule has 9 rings (SSSR count). The van der Waals surface area contributed by atoms with Gasteiger partial charge in [-0.2, -0.15) is 10.5 Å². The number of fused-ring (bicyclic) bond motifs is 10. The SMILES string of the molecule is CC1(C)c2ccccc2-c2ccc3c4ccccc4n(-c4cccc(-n5c6ccc(C#N)cc6c6cc(C#N)ccc65)c4)c3c21. The van der Waals surface area contributed by atoms with Crippen LogP contribution in [-0.4, -0.2) is 9.13 Å². The predicted molar refractivity (Wildman–Crippen MR) is 182 cm³/mol. The second kappa shape index (κ2) is 8.96. The summed E-state index contributed by atoms with van der Waals surface area (Å²) in [6.45, 7) is 4.69. The molecule has 6 aromatic carbocycles. The molecule has 0 fully saturated rings. The van der Waals surface area contributed by atoms with E-state index in [0.29, 0.717) is 11.1 Å². The highest BCUT2D eigenvalue weighted by atomic mass is 15.0. The molecule has 210 valence electrons. The van der Waals surface area contributed by atoms with Crippen molar-refractivity contribution in [2.45, 2.75) is 19.3 Å². The van der Waals surface area contributed by atoms with Crippen LogP contribution in [0.15, 0.2) is 121 Å². The highest BCUT2D eigenvalue weighted by molar-refractivity contribution is 6.13. The Labute approximate surface area is 260 Å². The standard InChI is InChI=1S/C41H26N4/c1-41(2)35-12-5-3-10-29(35)31-16-17-32-30-11-4-6-13-36(30)45(40(32)39(31)41)28-9-7-8-27(22-28)44-37-18-14-25(23-42)20-33(37)34-21-26(24-43)15-19-38(34)44/h3-22H,1-2H3. The zero-order chi connectivity index (χ0) is 30.4. The molecular formula is C41H26N4. The molecule has 0 amide bonds. The number of hydrogen-bond acceptors (Lipinski definition) is 2. The quantitative estimate of drug-likeness (QED) is 0.206. The minimum atomic E-state index is -0.168. The molecule has 8 aromatic rings. The average Bonchev–Trinajstić information content (AvgIpc) is 3.67. The number of hydrogen-bond donors (Lipinski definition) is 0. The molecule has 2 heterocycles. The van der Waals surface area contributed by atoms with E-state index in [-0.39, 0.29) is 5.41 Å². The second-order valence-corrected chi connectivity index (χ2v) is 12.5. The summed E-state index contributed by atoms with van der Waals surface area (Å²) in [4.78, 5) is 0. The summed E-state index contributed by atoms with van der Waals surface area (Å²) in [5, 5.41) is 23.7. The number of para-hydroxylation sites is 1. The summed E-state index contributed by atoms with van der Waals surface area (Å²) in [6.07, 6.45) is 0. The van der Waals surface area contributed by atoms with E-state index in [4.69, 9.17) is 0 Å². The molecule has 45 heavy (non-hydrogen) atoms. The van der Waals surface area contributed by atoms with Crippen LogP contribution in [0, 0.1) is 22.7 Å². The van der Waals surface area contributed by atoms with Crippen molar-refractivity contribution < 1.29 is 0 Å². The normalized spacial score (nSPS) is 13.2. The zero-order valence-corrected chi connectivity index (χ0v) is 24.8. The molecule has 0 radical (unpaired) electrons. The lowest BCUT2D eigenvalue weighted by molar-refractivity contribution is 0.664. The third kappa shape index (κ3) is 3.34. The Bertz CT molecular complexity index is 2580. The first-order valence-electron chi connectivity index (χ1n) is 15.2. The molecular weight excluding hydrogens is 548 g/mol. The van der Waals surface area contributed by atoms with E-state index in [9.17, 15) is 10.5 Å². The highest BCUT2D eigenvalue weighted by Crippen LogP contribution is 2.53. The monoisotopic (exact) mass is 574 g/mol. The summed E-state index contributed by atoms with van der Waals surface area (Å²) in [5.74, 6) is 0. The molecule has 0 bridgehead atoms. The van der Waals surface area contributed by atoms with Crippen LogP contribution in [0.5, 0.6) is 0 Å². The van der Waals surface area contributed by atoms with Gasteiger partial charge in [0, 0.05) is 38.3 Å². The van der Waals surface area contributed by atoms with Crippen molar-refractivity contribution in [3.05, 3.63) is 144 Å². The first kappa shape index (κ1) is 25.4. The Morgan fingerprint density at radius 3 is 1.84 bits per heavy atom. The summed E-state index contributed by atoms with van der Waals surface area (Å²) >= 11 is 0. The first-order valence-corrected chi connectivity index (χ1v) is 15.2. The first-order chi connectivity index (χ1) is 22.0. The van der Waals surface area contributed by atoms with Crippen molar-refractivity contribution in [3.8, 4) is 34.6 Å². The van der Waals surface area contributed by atoms with Gasteiger partial charge in [-0.05, 0) is 82.9 Å². The summed E-state index contributed by atoms with van der Waals surface area (Å²) in [6, 6.07) is 47.0. The molecule has 0 aliphatic heterocycles. The molecule has 1 aliphatic rings. The molecule has 2 aromatic heterocycles. The van der Waals surface area contributed by atoms with Crippen LogP contribution in [-0.2, 0) is 5.41 Å². The Kier molecular flexibility index (Phi) is 5.06. The van der Waals surface area contributed by atoms with Crippen molar-refractivity contribution in [2.75, 3.05) is 0 Å². The van der Waals surface area contributed by atoms with Gasteiger partial charge < -0.3 is 9.13 Å². The second-order valence-electron chi connectivity index (χ2n) is 12.5. The maximum atomic E-state index is 9.66. The van der Waals surface area contributed by atoms with Gasteiger partial charge >= 0.3 is 0 Å². The fraction of sp³-hybridized carbons (Fsp3) is 0.0732. The van der Waals surface area contributed by atoms with Gasteiger partial charge in [0.05, 0.1) is 45.3 Å². The van der Waals surface area contributed by atoms with Crippen LogP contribution in [0.25, 0.3) is 66.1 Å². The number of nitrogens with zero attached hydrogens (tertiary/aromatic N) is 4. The maximum Gasteiger partial charge on any atom is 0.0991 e. The number of rotatable bonds is 2. The Morgan fingerprint density at radius 2 is 1.13 bits per heavy atom. The molecule has 0 spiro atoms. The van der Waals surface area contributed by atoms with Crippen molar-refractivity contribution in [2.24, 2.45) is 0 Å². The van der Waals surface area contributed by atoms with Crippen LogP contribution >= 0.6 is 0 Å². The van der Waals surface area contributed by atoms with Crippen LogP contribution in [0.3, 0.4) is 0 Å². The van der Waals surface area contributed by atoms with Gasteiger partial charge in [-0.15, -0.1) is 0 Å². The Hall–Kier alpha value is -6.10. The molecule has 0 saturated carbocycles. The van der Waals surface area contributed by atoms with E-state index in [1.165, 1.54) is 44.1 Å². The lowest BCUT2D eigenvalue weighted by atomic mass is 9.81. The van der Waals surface area contributed by atoms with Gasteiger partial charge in [0.25, 0.3) is 0 Å². The van der Waals surface area contributed by atoms with Gasteiger partial charge in [0.2, 0.25) is 0 Å². The van der Waals surface area contributed by atoms with Crippen molar-refractivity contribution >= 4 is 43.6 Å². The van der Waals surface area contributed by atoms with Gasteiger partial charge in [-0.25, -0.2) is 0 Å². The molecule has 4 heteroatoms. The van der Waals surface area contributed by atoms with Gasteiger partial charge in [0.15, 0.2) is 0 Å². The summed E-state index contributed by atoms with van der Waals surface area (Å²) < 4.78 is 4.69. The Balaban J connectivity index is 1.37. The lowest BCUT2D eigenvalue weighted by Gasteiger charge is -2.24. The van der Waals surface area contributed by atoms with E-state index < -0.39 is 0 Å². The van der Waals surface area contributed by atoms with E-state index in [0.717, 1.165) is 33.2 Å². The molecule has 0 saturated heterocycles. The van der Waals surface area contributed by atoms with E-state index >= 15 is 0 Å². The van der Waals surface area contributed by atoms with Crippen LogP contribution in [0.2, 0.25) is 0 Å². The minimum absolute atomic E-state index is 0.168. The zero-order valence-electron chi connectivity index (χ0n) is 24.8. The molecule has 0 atom stereocenters. The smallest absolute Gasteiger partial charge is 0.0991 e. The topological polar surface area (TPSA) is 57.4 Å². The van der Waals surface area contributed by atoms with Gasteiger partial charge in [-0.3, -0.25) is 0 Å². The number of nitriles is 2. The van der Waals surface area contributed by atoms with Crippen molar-refractivity contribution in [1.82, 2.24) is 9.13 Å². The van der Waals surface area contributed by atoms with E-state index in [1.54, 1.807) is 0 Å². The van der Waals surface area contributed by atoms with Crippen LogP contribution < -0.4 is 0 Å². The number of aromatic nitrogens is 2. The van der Waals surface area contributed by atoms with Gasteiger partial charge in [-0.1, -0.05) is 74.5 Å². The van der Waals surface area contributed by atoms with Crippen molar-refractivity contribution in [3.63, 3.8) is 0 Å². The molecule has 4 nitrogen and oxygen atoms in total. The molecule has 1 aliphatic carbocycles. The highest BCUT2D eigenvalue weighted by Gasteiger charge is 2.38. The third-order valence-corrected chi connectivity index (χ3v) is 9.72. The van der Waals surface area contributed by atoms with E-state index in [2.05, 4.69) is 120 Å². The summed E-state index contributed by atoms with van der Waals surface area (Å²) in [5.41, 5.74) is 12.8. The number of benzene rings is 6.